The maximum absolute atomic E-state index is 13.5. The lowest BCUT2D eigenvalue weighted by Crippen LogP contribution is -2.26. The van der Waals surface area contributed by atoms with Gasteiger partial charge in [-0.2, -0.15) is 0 Å². The lowest BCUT2D eigenvalue weighted by Gasteiger charge is -2.20. The first-order valence-corrected chi connectivity index (χ1v) is 12.6. The van der Waals surface area contributed by atoms with Crippen molar-refractivity contribution in [1.29, 1.82) is 0 Å². The van der Waals surface area contributed by atoms with Crippen LogP contribution in [0.25, 0.3) is 11.8 Å². The van der Waals surface area contributed by atoms with E-state index in [-0.39, 0.29) is 5.91 Å². The average Bonchev–Trinajstić information content (AvgIpc) is 3.23. The molecule has 2 aromatic rings. The molecular weight excluding hydrogens is 483 g/mol. The van der Waals surface area contributed by atoms with Gasteiger partial charge in [-0.05, 0) is 88.8 Å². The molecule has 2 aliphatic rings. The summed E-state index contributed by atoms with van der Waals surface area (Å²) in [6.07, 6.45) is 9.50. The Morgan fingerprint density at radius 3 is 2.43 bits per heavy atom. The van der Waals surface area contributed by atoms with Gasteiger partial charge in [0.25, 0.3) is 5.91 Å². The van der Waals surface area contributed by atoms with Crippen LogP contribution in [0, 0.1) is 13.8 Å². The minimum atomic E-state index is -0.503. The van der Waals surface area contributed by atoms with Gasteiger partial charge in [0.1, 0.15) is 0 Å². The highest BCUT2D eigenvalue weighted by Crippen LogP contribution is 2.34. The Labute approximate surface area is 216 Å². The van der Waals surface area contributed by atoms with E-state index in [1.165, 1.54) is 25.5 Å². The van der Waals surface area contributed by atoms with Crippen LogP contribution >= 0.6 is 23.2 Å². The number of halogens is 2. The number of rotatable bonds is 6. The second-order valence-electron chi connectivity index (χ2n) is 9.11. The molecule has 0 unspecified atom stereocenters. The van der Waals surface area contributed by atoms with Crippen LogP contribution in [0.15, 0.2) is 52.8 Å². The Balaban J connectivity index is 1.71. The van der Waals surface area contributed by atoms with Crippen LogP contribution in [0.5, 0.6) is 0 Å². The van der Waals surface area contributed by atoms with Crippen molar-refractivity contribution in [2.45, 2.75) is 52.9 Å². The van der Waals surface area contributed by atoms with Crippen molar-refractivity contribution in [2.24, 2.45) is 0 Å². The zero-order chi connectivity index (χ0) is 25.3. The van der Waals surface area contributed by atoms with E-state index in [2.05, 4.69) is 6.08 Å². The number of carbonyl (C=O) groups excluding carboxylic acids is 2. The number of methoxy groups -OCH3 is 1. The minimum Gasteiger partial charge on any atom is -0.465 e. The molecule has 1 amide bonds. The molecule has 2 heterocycles. The van der Waals surface area contributed by atoms with E-state index in [4.69, 9.17) is 27.9 Å². The van der Waals surface area contributed by atoms with Crippen molar-refractivity contribution in [1.82, 2.24) is 9.47 Å². The molecule has 1 aliphatic carbocycles. The summed E-state index contributed by atoms with van der Waals surface area (Å²) >= 11 is 12.5. The fourth-order valence-corrected chi connectivity index (χ4v) is 5.55. The summed E-state index contributed by atoms with van der Waals surface area (Å²) in [6.45, 7) is 6.31. The number of esters is 1. The van der Waals surface area contributed by atoms with Crippen molar-refractivity contribution in [3.8, 4) is 5.69 Å². The quantitative estimate of drug-likeness (QED) is 0.238. The summed E-state index contributed by atoms with van der Waals surface area (Å²) in [5, 5.41) is 1.09. The van der Waals surface area contributed by atoms with Crippen LogP contribution in [-0.4, -0.2) is 35.0 Å². The molecule has 0 saturated carbocycles. The van der Waals surface area contributed by atoms with Gasteiger partial charge in [-0.25, -0.2) is 4.79 Å². The zero-order valence-electron chi connectivity index (χ0n) is 20.6. The highest BCUT2D eigenvalue weighted by atomic mass is 35.5. The number of carbonyl (C=O) groups is 2. The first-order valence-electron chi connectivity index (χ1n) is 11.9. The minimum absolute atomic E-state index is 0.171. The van der Waals surface area contributed by atoms with Crippen LogP contribution in [-0.2, 0) is 14.3 Å². The molecule has 0 radical (unpaired) electrons. The molecule has 0 fully saturated rings. The van der Waals surface area contributed by atoms with Crippen molar-refractivity contribution < 1.29 is 14.3 Å². The Hall–Kier alpha value is -2.76. The Morgan fingerprint density at radius 1 is 1.09 bits per heavy atom. The van der Waals surface area contributed by atoms with Gasteiger partial charge >= 0.3 is 5.97 Å². The Kier molecular flexibility index (Phi) is 7.58. The number of aromatic nitrogens is 1. The number of benzene rings is 1. The van der Waals surface area contributed by atoms with E-state index in [1.807, 2.05) is 43.5 Å². The standard InChI is InChI=1S/C28H30Cl2N2O3/c1-17-12-21(18(2)32(17)24-15-22(29)14-23(30)16-24)13-25-26(28(34)35-4)19(3)31(27(25)33)11-10-20-8-6-5-7-9-20/h8,12-16H,5-7,9-11H2,1-4H3. The molecule has 4 rings (SSSR count). The molecule has 35 heavy (non-hydrogen) atoms. The molecule has 0 spiro atoms. The van der Waals surface area contributed by atoms with Gasteiger partial charge in [0, 0.05) is 39.4 Å². The molecule has 184 valence electrons. The van der Waals surface area contributed by atoms with E-state index in [1.54, 1.807) is 17.0 Å². The second kappa shape index (κ2) is 10.5. The van der Waals surface area contributed by atoms with E-state index >= 15 is 0 Å². The Morgan fingerprint density at radius 2 is 1.80 bits per heavy atom. The third kappa shape index (κ3) is 5.12. The fraction of sp³-hybridized carbons (Fsp3) is 0.357. The number of amides is 1. The second-order valence-corrected chi connectivity index (χ2v) is 9.99. The summed E-state index contributed by atoms with van der Waals surface area (Å²) in [6, 6.07) is 7.37. The van der Waals surface area contributed by atoms with Gasteiger partial charge in [0.2, 0.25) is 0 Å². The lowest BCUT2D eigenvalue weighted by molar-refractivity contribution is -0.136. The third-order valence-corrected chi connectivity index (χ3v) is 7.25. The summed E-state index contributed by atoms with van der Waals surface area (Å²) in [5.41, 5.74) is 6.25. The number of hydrogen-bond donors (Lipinski definition) is 0. The maximum Gasteiger partial charge on any atom is 0.340 e. The average molecular weight is 513 g/mol. The lowest BCUT2D eigenvalue weighted by atomic mass is 9.97. The van der Waals surface area contributed by atoms with E-state index < -0.39 is 5.97 Å². The van der Waals surface area contributed by atoms with Gasteiger partial charge in [0.05, 0.1) is 18.3 Å². The molecule has 1 aliphatic heterocycles. The topological polar surface area (TPSA) is 51.5 Å². The maximum atomic E-state index is 13.5. The number of ether oxygens (including phenoxy) is 1. The molecule has 7 heteroatoms. The molecule has 0 bridgehead atoms. The highest BCUT2D eigenvalue weighted by Gasteiger charge is 2.37. The van der Waals surface area contributed by atoms with Gasteiger partial charge in [-0.3, -0.25) is 4.79 Å². The first kappa shape index (κ1) is 25.3. The summed E-state index contributed by atoms with van der Waals surface area (Å²) in [7, 11) is 1.34. The fourth-order valence-electron chi connectivity index (χ4n) is 5.04. The summed E-state index contributed by atoms with van der Waals surface area (Å²) in [4.78, 5) is 28.0. The van der Waals surface area contributed by atoms with Crippen LogP contribution in [0.2, 0.25) is 10.0 Å². The smallest absolute Gasteiger partial charge is 0.340 e. The van der Waals surface area contributed by atoms with Gasteiger partial charge in [-0.15, -0.1) is 0 Å². The number of allylic oxidation sites excluding steroid dienone is 2. The van der Waals surface area contributed by atoms with E-state index in [0.717, 1.165) is 41.9 Å². The molecule has 1 aromatic carbocycles. The van der Waals surface area contributed by atoms with Gasteiger partial charge in [0.15, 0.2) is 0 Å². The number of hydrogen-bond acceptors (Lipinski definition) is 3. The summed E-state index contributed by atoms with van der Waals surface area (Å²) < 4.78 is 7.09. The van der Waals surface area contributed by atoms with Crippen molar-refractivity contribution in [3.05, 3.63) is 79.8 Å². The molecule has 0 saturated heterocycles. The molecule has 5 nitrogen and oxygen atoms in total. The number of nitrogens with zero attached hydrogens (tertiary/aromatic N) is 2. The van der Waals surface area contributed by atoms with Crippen LogP contribution in [0.1, 0.15) is 56.0 Å². The Bertz CT molecular complexity index is 1260. The van der Waals surface area contributed by atoms with Crippen LogP contribution in [0.4, 0.5) is 0 Å². The zero-order valence-corrected chi connectivity index (χ0v) is 22.1. The van der Waals surface area contributed by atoms with Crippen LogP contribution < -0.4 is 0 Å². The van der Waals surface area contributed by atoms with E-state index in [9.17, 15) is 9.59 Å². The normalized spacial score (nSPS) is 17.4. The molecule has 0 N–H and O–H groups in total. The summed E-state index contributed by atoms with van der Waals surface area (Å²) in [5.74, 6) is -0.674. The first-order chi connectivity index (χ1) is 16.7. The predicted molar refractivity (Wildman–Crippen MR) is 141 cm³/mol. The molecular formula is C28H30Cl2N2O3. The van der Waals surface area contributed by atoms with Crippen molar-refractivity contribution in [3.63, 3.8) is 0 Å². The monoisotopic (exact) mass is 512 g/mol. The van der Waals surface area contributed by atoms with Gasteiger partial charge < -0.3 is 14.2 Å². The van der Waals surface area contributed by atoms with Crippen molar-refractivity contribution in [2.75, 3.05) is 13.7 Å². The predicted octanol–water partition coefficient (Wildman–Crippen LogP) is 6.96. The SMILES string of the molecule is COC(=O)C1=C(C)N(CCC2=CCCCC2)C(=O)C1=Cc1cc(C)n(-c2cc(Cl)cc(Cl)c2)c1C. The number of aryl methyl sites for hydroxylation is 1. The molecule has 0 atom stereocenters. The highest BCUT2D eigenvalue weighted by molar-refractivity contribution is 6.34. The largest absolute Gasteiger partial charge is 0.465 e. The van der Waals surface area contributed by atoms with E-state index in [0.29, 0.717) is 33.4 Å². The van der Waals surface area contributed by atoms with Crippen molar-refractivity contribution >= 4 is 41.2 Å². The van der Waals surface area contributed by atoms with Gasteiger partial charge in [-0.1, -0.05) is 34.9 Å². The molecule has 1 aromatic heterocycles. The third-order valence-electron chi connectivity index (χ3n) is 6.82. The van der Waals surface area contributed by atoms with Crippen LogP contribution in [0.3, 0.4) is 0 Å².